The van der Waals surface area contributed by atoms with Crippen LogP contribution in [0.25, 0.3) is 0 Å². The van der Waals surface area contributed by atoms with Gasteiger partial charge in [0.1, 0.15) is 5.75 Å². The Kier molecular flexibility index (Phi) is 4.88. The van der Waals surface area contributed by atoms with Gasteiger partial charge in [-0.05, 0) is 38.1 Å². The highest BCUT2D eigenvalue weighted by molar-refractivity contribution is 5.92. The molecule has 2 aromatic rings. The number of rotatable bonds is 5. The number of likely N-dealkylation sites (tertiary alicyclic amines) is 1. The summed E-state index contributed by atoms with van der Waals surface area (Å²) in [4.78, 5) is 17.7. The first kappa shape index (κ1) is 15.5. The number of nitrogens with two attached hydrogens (primary N) is 1. The molecular weight excluding hydrogens is 290 g/mol. The van der Waals surface area contributed by atoms with Crippen LogP contribution in [0.5, 0.6) is 11.6 Å². The molecule has 0 spiro atoms. The lowest BCUT2D eigenvalue weighted by atomic mass is 10.1. The summed E-state index contributed by atoms with van der Waals surface area (Å²) in [5.74, 6) is 0.771. The highest BCUT2D eigenvalue weighted by atomic mass is 16.5. The first-order valence-corrected chi connectivity index (χ1v) is 7.96. The summed E-state index contributed by atoms with van der Waals surface area (Å²) in [5, 5.41) is 0. The number of ether oxygens (including phenoxy) is 1. The van der Waals surface area contributed by atoms with Gasteiger partial charge in [0.2, 0.25) is 11.8 Å². The molecule has 3 rings (SSSR count). The lowest BCUT2D eigenvalue weighted by Gasteiger charge is -2.27. The molecule has 23 heavy (non-hydrogen) atoms. The van der Waals surface area contributed by atoms with Gasteiger partial charge >= 0.3 is 0 Å². The zero-order chi connectivity index (χ0) is 16.1. The number of hydrogen-bond acceptors (Lipinski definition) is 4. The van der Waals surface area contributed by atoms with E-state index in [1.54, 1.807) is 12.1 Å². The molecule has 1 aliphatic rings. The van der Waals surface area contributed by atoms with Crippen molar-refractivity contribution < 1.29 is 9.53 Å². The average Bonchev–Trinajstić information content (AvgIpc) is 2.58. The zero-order valence-corrected chi connectivity index (χ0v) is 13.1. The average molecular weight is 311 g/mol. The number of piperidine rings is 1. The highest BCUT2D eigenvalue weighted by Gasteiger charge is 2.13. The number of aromatic nitrogens is 1. The molecule has 0 unspecified atom stereocenters. The molecule has 1 aliphatic heterocycles. The molecule has 0 aliphatic carbocycles. The van der Waals surface area contributed by atoms with Crippen LogP contribution in [0.3, 0.4) is 0 Å². The van der Waals surface area contributed by atoms with Gasteiger partial charge in [0.15, 0.2) is 0 Å². The second-order valence-electron chi connectivity index (χ2n) is 5.80. The van der Waals surface area contributed by atoms with Gasteiger partial charge in [-0.1, -0.05) is 24.6 Å². The molecule has 0 saturated carbocycles. The summed E-state index contributed by atoms with van der Waals surface area (Å²) in [5.41, 5.74) is 6.74. The van der Waals surface area contributed by atoms with Gasteiger partial charge < -0.3 is 10.5 Å². The Labute approximate surface area is 136 Å². The van der Waals surface area contributed by atoms with Gasteiger partial charge in [0, 0.05) is 24.4 Å². The van der Waals surface area contributed by atoms with Crippen molar-refractivity contribution in [1.29, 1.82) is 0 Å². The maximum Gasteiger partial charge on any atom is 0.250 e. The van der Waals surface area contributed by atoms with Gasteiger partial charge in [-0.2, -0.15) is 0 Å². The summed E-state index contributed by atoms with van der Waals surface area (Å²) in [6, 6.07) is 11.3. The first-order chi connectivity index (χ1) is 11.2. The molecular formula is C18H21N3O2. The molecule has 5 nitrogen and oxygen atoms in total. The van der Waals surface area contributed by atoms with Crippen molar-refractivity contribution in [2.75, 3.05) is 13.1 Å². The number of pyridine rings is 1. The van der Waals surface area contributed by atoms with Gasteiger partial charge in [-0.25, -0.2) is 4.98 Å². The first-order valence-electron chi connectivity index (χ1n) is 7.96. The lowest BCUT2D eigenvalue weighted by molar-refractivity contribution is 0.1000. The maximum absolute atomic E-state index is 11.1. The zero-order valence-electron chi connectivity index (χ0n) is 13.1. The fourth-order valence-corrected chi connectivity index (χ4v) is 2.79. The molecule has 2 N–H and O–H groups in total. The van der Waals surface area contributed by atoms with E-state index in [1.807, 2.05) is 18.2 Å². The molecule has 0 radical (unpaired) electrons. The van der Waals surface area contributed by atoms with Gasteiger partial charge in [0.25, 0.3) is 0 Å². The third-order valence-electron chi connectivity index (χ3n) is 4.05. The van der Waals surface area contributed by atoms with Crippen LogP contribution in [-0.4, -0.2) is 28.9 Å². The topological polar surface area (TPSA) is 68.5 Å². The lowest BCUT2D eigenvalue weighted by Crippen LogP contribution is -2.29. The fourth-order valence-electron chi connectivity index (χ4n) is 2.79. The van der Waals surface area contributed by atoms with Crippen LogP contribution >= 0.6 is 0 Å². The molecule has 0 bridgehead atoms. The minimum atomic E-state index is -0.491. The predicted molar refractivity (Wildman–Crippen MR) is 88.4 cm³/mol. The van der Waals surface area contributed by atoms with Crippen molar-refractivity contribution >= 4 is 5.91 Å². The SMILES string of the molecule is NC(=O)c1ccc(Oc2ccccc2CN2CCCCC2)nc1. The molecule has 120 valence electrons. The maximum atomic E-state index is 11.1. The minimum absolute atomic E-state index is 0.374. The van der Waals surface area contributed by atoms with E-state index < -0.39 is 5.91 Å². The van der Waals surface area contributed by atoms with E-state index in [0.717, 1.165) is 30.9 Å². The number of carbonyl (C=O) groups is 1. The van der Waals surface area contributed by atoms with Crippen LogP contribution < -0.4 is 10.5 Å². The van der Waals surface area contributed by atoms with Crippen LogP contribution in [-0.2, 0) is 6.54 Å². The number of primary amides is 1. The number of amides is 1. The monoisotopic (exact) mass is 311 g/mol. The van der Waals surface area contributed by atoms with Crippen LogP contribution in [0.15, 0.2) is 42.6 Å². The molecule has 1 amide bonds. The predicted octanol–water partition coefficient (Wildman–Crippen LogP) is 2.96. The Morgan fingerprint density at radius 1 is 1.13 bits per heavy atom. The van der Waals surface area contributed by atoms with Crippen LogP contribution in [0, 0.1) is 0 Å². The van der Waals surface area contributed by atoms with Gasteiger partial charge in [0.05, 0.1) is 5.56 Å². The normalized spacial score (nSPS) is 15.3. The van der Waals surface area contributed by atoms with Crippen molar-refractivity contribution in [3.8, 4) is 11.6 Å². The number of carbonyl (C=O) groups excluding carboxylic acids is 1. The Balaban J connectivity index is 1.73. The molecule has 1 saturated heterocycles. The quantitative estimate of drug-likeness (QED) is 0.921. The van der Waals surface area contributed by atoms with Crippen LogP contribution in [0.4, 0.5) is 0 Å². The summed E-state index contributed by atoms with van der Waals surface area (Å²) in [7, 11) is 0. The largest absolute Gasteiger partial charge is 0.439 e. The van der Waals surface area contributed by atoms with E-state index in [9.17, 15) is 4.79 Å². The highest BCUT2D eigenvalue weighted by Crippen LogP contribution is 2.26. The third-order valence-corrected chi connectivity index (χ3v) is 4.05. The van der Waals surface area contributed by atoms with Crippen molar-refractivity contribution in [1.82, 2.24) is 9.88 Å². The smallest absolute Gasteiger partial charge is 0.250 e. The van der Waals surface area contributed by atoms with Crippen molar-refractivity contribution in [2.45, 2.75) is 25.8 Å². The van der Waals surface area contributed by atoms with Crippen LogP contribution in [0.1, 0.15) is 35.2 Å². The molecule has 1 aromatic heterocycles. The van der Waals surface area contributed by atoms with Crippen molar-refractivity contribution in [3.63, 3.8) is 0 Å². The van der Waals surface area contributed by atoms with E-state index in [1.165, 1.54) is 25.5 Å². The fraction of sp³-hybridized carbons (Fsp3) is 0.333. The molecule has 5 heteroatoms. The second-order valence-corrected chi connectivity index (χ2v) is 5.80. The molecule has 1 fully saturated rings. The molecule has 0 atom stereocenters. The minimum Gasteiger partial charge on any atom is -0.439 e. The van der Waals surface area contributed by atoms with Gasteiger partial charge in [-0.3, -0.25) is 9.69 Å². The summed E-state index contributed by atoms with van der Waals surface area (Å²) in [6.07, 6.45) is 5.29. The van der Waals surface area contributed by atoms with E-state index in [-0.39, 0.29) is 0 Å². The van der Waals surface area contributed by atoms with Gasteiger partial charge in [-0.15, -0.1) is 0 Å². The third kappa shape index (κ3) is 4.07. The second kappa shape index (κ2) is 7.24. The number of nitrogens with zero attached hydrogens (tertiary/aromatic N) is 2. The standard InChI is InChI=1S/C18H21N3O2/c19-18(22)14-8-9-17(20-12-14)23-16-7-3-2-6-15(16)13-21-10-4-1-5-11-21/h2-3,6-9,12H,1,4-5,10-11,13H2,(H2,19,22). The molecule has 2 heterocycles. The van der Waals surface area contributed by atoms with Crippen LogP contribution in [0.2, 0.25) is 0 Å². The summed E-state index contributed by atoms with van der Waals surface area (Å²) >= 11 is 0. The number of para-hydroxylation sites is 1. The van der Waals surface area contributed by atoms with E-state index in [0.29, 0.717) is 11.4 Å². The Morgan fingerprint density at radius 2 is 1.91 bits per heavy atom. The Morgan fingerprint density at radius 3 is 2.61 bits per heavy atom. The Bertz CT molecular complexity index is 664. The number of benzene rings is 1. The van der Waals surface area contributed by atoms with E-state index in [2.05, 4.69) is 16.0 Å². The van der Waals surface area contributed by atoms with Crippen molar-refractivity contribution in [2.24, 2.45) is 5.73 Å². The van der Waals surface area contributed by atoms with Crippen molar-refractivity contribution in [3.05, 3.63) is 53.7 Å². The Hall–Kier alpha value is -2.40. The van der Waals surface area contributed by atoms with E-state index in [4.69, 9.17) is 10.5 Å². The number of hydrogen-bond donors (Lipinski definition) is 1. The molecule has 1 aromatic carbocycles. The summed E-state index contributed by atoms with van der Waals surface area (Å²) in [6.45, 7) is 3.16. The van der Waals surface area contributed by atoms with E-state index >= 15 is 0 Å². The summed E-state index contributed by atoms with van der Waals surface area (Å²) < 4.78 is 5.90.